The van der Waals surface area contributed by atoms with Gasteiger partial charge < -0.3 is 14.4 Å². The van der Waals surface area contributed by atoms with Crippen LogP contribution in [0, 0.1) is 13.8 Å². The molecule has 0 atom stereocenters. The van der Waals surface area contributed by atoms with Gasteiger partial charge in [0.15, 0.2) is 12.3 Å². The lowest BCUT2D eigenvalue weighted by Gasteiger charge is -2.10. The van der Waals surface area contributed by atoms with Crippen molar-refractivity contribution in [2.45, 2.75) is 33.7 Å². The number of nitrogens with zero attached hydrogens (tertiary/aromatic N) is 3. The van der Waals surface area contributed by atoms with Crippen molar-refractivity contribution >= 4 is 22.5 Å². The zero-order chi connectivity index (χ0) is 19.6. The summed E-state index contributed by atoms with van der Waals surface area (Å²) in [6.45, 7) is 7.60. The summed E-state index contributed by atoms with van der Waals surface area (Å²) in [5, 5.41) is 19.0. The largest absolute Gasteiger partial charge is 0.493 e. The Labute approximate surface area is 158 Å². The molecule has 0 aliphatic carbocycles. The number of hydrogen-bond donors (Lipinski definition) is 1. The topological polar surface area (TPSA) is 76.2 Å². The summed E-state index contributed by atoms with van der Waals surface area (Å²) < 4.78 is 7.32. The van der Waals surface area contributed by atoms with Gasteiger partial charge in [-0.25, -0.2) is 0 Å². The first kappa shape index (κ1) is 18.6. The Bertz CT molecular complexity index is 1020. The number of azo groups is 1. The highest BCUT2D eigenvalue weighted by molar-refractivity contribution is 5.95. The van der Waals surface area contributed by atoms with E-state index in [1.165, 1.54) is 0 Å². The fourth-order valence-electron chi connectivity index (χ4n) is 2.99. The summed E-state index contributed by atoms with van der Waals surface area (Å²) in [5.41, 5.74) is 3.14. The SMILES string of the molecule is Cc1ccc(C)c(OCC(=O)N=Nc2c(O)n(C(C)C)c3ccccc23)c1. The van der Waals surface area contributed by atoms with Gasteiger partial charge in [-0.1, -0.05) is 30.3 Å². The van der Waals surface area contributed by atoms with Crippen LogP contribution in [0.1, 0.15) is 31.0 Å². The van der Waals surface area contributed by atoms with Crippen LogP contribution in [0.4, 0.5) is 5.69 Å². The first-order valence-corrected chi connectivity index (χ1v) is 8.85. The number of rotatable bonds is 5. The monoisotopic (exact) mass is 365 g/mol. The third-order valence-electron chi connectivity index (χ3n) is 4.33. The number of benzene rings is 2. The summed E-state index contributed by atoms with van der Waals surface area (Å²) in [5.74, 6) is 0.132. The van der Waals surface area contributed by atoms with Gasteiger partial charge in [-0.05, 0) is 51.0 Å². The normalized spacial score (nSPS) is 11.6. The molecular weight excluding hydrogens is 342 g/mol. The standard InChI is InChI=1S/C21H23N3O3/c1-13(2)24-17-8-6-5-7-16(17)20(21(24)26)23-22-19(25)12-27-18-11-14(3)9-10-15(18)4/h5-11,13,26H,12H2,1-4H3. The van der Waals surface area contributed by atoms with Gasteiger partial charge >= 0.3 is 5.91 Å². The van der Waals surface area contributed by atoms with E-state index in [9.17, 15) is 9.90 Å². The van der Waals surface area contributed by atoms with E-state index in [2.05, 4.69) is 10.2 Å². The zero-order valence-corrected chi connectivity index (χ0v) is 15.9. The Morgan fingerprint density at radius 3 is 2.67 bits per heavy atom. The molecule has 6 heteroatoms. The number of amides is 1. The predicted molar refractivity (Wildman–Crippen MR) is 105 cm³/mol. The molecule has 1 N–H and O–H groups in total. The van der Waals surface area contributed by atoms with Crippen LogP contribution in [-0.2, 0) is 4.79 Å². The number of ether oxygens (including phenoxy) is 1. The molecule has 0 aliphatic rings. The lowest BCUT2D eigenvalue weighted by molar-refractivity contribution is -0.120. The van der Waals surface area contributed by atoms with Crippen LogP contribution in [0.15, 0.2) is 52.7 Å². The molecular formula is C21H23N3O3. The number of para-hydroxylation sites is 1. The van der Waals surface area contributed by atoms with E-state index < -0.39 is 5.91 Å². The molecule has 0 radical (unpaired) electrons. The lowest BCUT2D eigenvalue weighted by atomic mass is 10.1. The highest BCUT2D eigenvalue weighted by Gasteiger charge is 2.18. The number of aromatic nitrogens is 1. The van der Waals surface area contributed by atoms with Crippen molar-refractivity contribution in [2.75, 3.05) is 6.61 Å². The molecule has 1 aromatic heterocycles. The van der Waals surface area contributed by atoms with Crippen LogP contribution in [0.25, 0.3) is 10.9 Å². The number of aryl methyl sites for hydroxylation is 2. The number of aromatic hydroxyl groups is 1. The fourth-order valence-corrected chi connectivity index (χ4v) is 2.99. The van der Waals surface area contributed by atoms with Crippen LogP contribution >= 0.6 is 0 Å². The summed E-state index contributed by atoms with van der Waals surface area (Å²) in [4.78, 5) is 12.1. The van der Waals surface area contributed by atoms with Gasteiger partial charge in [0.2, 0.25) is 5.88 Å². The molecule has 0 fully saturated rings. The van der Waals surface area contributed by atoms with Gasteiger partial charge in [0.1, 0.15) is 5.75 Å². The van der Waals surface area contributed by atoms with Crippen LogP contribution < -0.4 is 4.74 Å². The van der Waals surface area contributed by atoms with Gasteiger partial charge in [0.25, 0.3) is 0 Å². The van der Waals surface area contributed by atoms with E-state index >= 15 is 0 Å². The minimum absolute atomic E-state index is 0.00167. The van der Waals surface area contributed by atoms with Crippen molar-refractivity contribution < 1.29 is 14.6 Å². The molecule has 3 aromatic rings. The Morgan fingerprint density at radius 1 is 1.19 bits per heavy atom. The summed E-state index contributed by atoms with van der Waals surface area (Å²) >= 11 is 0. The maximum Gasteiger partial charge on any atom is 0.302 e. The quantitative estimate of drug-likeness (QED) is 0.629. The van der Waals surface area contributed by atoms with Gasteiger partial charge in [0.05, 0.1) is 5.52 Å². The molecule has 6 nitrogen and oxygen atoms in total. The number of hydrogen-bond acceptors (Lipinski definition) is 4. The molecule has 0 saturated carbocycles. The summed E-state index contributed by atoms with van der Waals surface area (Å²) in [6.07, 6.45) is 0. The molecule has 3 rings (SSSR count). The number of carbonyl (C=O) groups is 1. The average molecular weight is 365 g/mol. The molecule has 140 valence electrons. The molecule has 2 aromatic carbocycles. The summed E-state index contributed by atoms with van der Waals surface area (Å²) in [6, 6.07) is 13.3. The second kappa shape index (κ2) is 7.61. The molecule has 0 bridgehead atoms. The molecule has 0 aliphatic heterocycles. The average Bonchev–Trinajstić information content (AvgIpc) is 2.92. The first-order chi connectivity index (χ1) is 12.9. The van der Waals surface area contributed by atoms with E-state index in [4.69, 9.17) is 4.74 Å². The molecule has 0 spiro atoms. The minimum Gasteiger partial charge on any atom is -0.493 e. The Balaban J connectivity index is 1.81. The van der Waals surface area contributed by atoms with Crippen molar-refractivity contribution in [3.05, 3.63) is 53.6 Å². The zero-order valence-electron chi connectivity index (χ0n) is 15.9. The minimum atomic E-state index is -0.517. The first-order valence-electron chi connectivity index (χ1n) is 8.85. The highest BCUT2D eigenvalue weighted by Crippen LogP contribution is 2.40. The van der Waals surface area contributed by atoms with Crippen LogP contribution in [-0.4, -0.2) is 22.2 Å². The van der Waals surface area contributed by atoms with E-state index in [0.29, 0.717) is 11.4 Å². The number of fused-ring (bicyclic) bond motifs is 1. The maximum atomic E-state index is 12.1. The van der Waals surface area contributed by atoms with Gasteiger partial charge in [-0.15, -0.1) is 10.2 Å². The summed E-state index contributed by atoms with van der Waals surface area (Å²) in [7, 11) is 0. The third kappa shape index (κ3) is 3.84. The second-order valence-electron chi connectivity index (χ2n) is 6.80. The fraction of sp³-hybridized carbons (Fsp3) is 0.286. The van der Waals surface area contributed by atoms with Crippen LogP contribution in [0.5, 0.6) is 11.6 Å². The lowest BCUT2D eigenvalue weighted by Crippen LogP contribution is -2.08. The van der Waals surface area contributed by atoms with Crippen molar-refractivity contribution in [3.63, 3.8) is 0 Å². The van der Waals surface area contributed by atoms with Crippen molar-refractivity contribution in [3.8, 4) is 11.6 Å². The van der Waals surface area contributed by atoms with E-state index in [-0.39, 0.29) is 18.5 Å². The molecule has 1 amide bonds. The van der Waals surface area contributed by atoms with Crippen molar-refractivity contribution in [1.29, 1.82) is 0 Å². The van der Waals surface area contributed by atoms with E-state index in [1.807, 2.05) is 70.2 Å². The van der Waals surface area contributed by atoms with E-state index in [1.54, 1.807) is 4.57 Å². The van der Waals surface area contributed by atoms with Gasteiger partial charge in [0, 0.05) is 11.4 Å². The van der Waals surface area contributed by atoms with Crippen molar-refractivity contribution in [2.24, 2.45) is 10.2 Å². The van der Waals surface area contributed by atoms with Gasteiger partial charge in [-0.3, -0.25) is 4.79 Å². The molecule has 27 heavy (non-hydrogen) atoms. The third-order valence-corrected chi connectivity index (χ3v) is 4.33. The molecule has 0 unspecified atom stereocenters. The van der Waals surface area contributed by atoms with Crippen LogP contribution in [0.3, 0.4) is 0 Å². The van der Waals surface area contributed by atoms with Crippen molar-refractivity contribution in [1.82, 2.24) is 4.57 Å². The Hall–Kier alpha value is -3.15. The molecule has 1 heterocycles. The highest BCUT2D eigenvalue weighted by atomic mass is 16.5. The predicted octanol–water partition coefficient (Wildman–Crippen LogP) is 5.23. The maximum absolute atomic E-state index is 12.1. The second-order valence-corrected chi connectivity index (χ2v) is 6.80. The van der Waals surface area contributed by atoms with E-state index in [0.717, 1.165) is 22.0 Å². The van der Waals surface area contributed by atoms with Gasteiger partial charge in [-0.2, -0.15) is 0 Å². The molecule has 0 saturated heterocycles. The van der Waals surface area contributed by atoms with Crippen LogP contribution in [0.2, 0.25) is 0 Å². The number of carbonyl (C=O) groups excluding carboxylic acids is 1. The smallest absolute Gasteiger partial charge is 0.302 e. The Kier molecular flexibility index (Phi) is 5.26. The Morgan fingerprint density at radius 2 is 1.93 bits per heavy atom.